The van der Waals surface area contributed by atoms with Crippen LogP contribution in [0.15, 0.2) is 0 Å². The number of carbonyl (C=O) groups excluding carboxylic acids is 1. The fourth-order valence-corrected chi connectivity index (χ4v) is 1.39. The third-order valence-electron chi connectivity index (χ3n) is 2.31. The molecule has 0 atom stereocenters. The molecule has 0 aromatic heterocycles. The van der Waals surface area contributed by atoms with E-state index in [0.717, 1.165) is 13.0 Å². The van der Waals surface area contributed by atoms with Gasteiger partial charge in [-0.3, -0.25) is 10.1 Å². The minimum absolute atomic E-state index is 0.0399. The van der Waals surface area contributed by atoms with Crippen molar-refractivity contribution < 1.29 is 19.0 Å². The highest BCUT2D eigenvalue weighted by atomic mass is 16.7. The van der Waals surface area contributed by atoms with Gasteiger partial charge < -0.3 is 14.2 Å². The van der Waals surface area contributed by atoms with E-state index in [9.17, 15) is 4.79 Å². The maximum absolute atomic E-state index is 11.4. The molecule has 0 rings (SSSR count). The third-order valence-corrected chi connectivity index (χ3v) is 2.31. The van der Waals surface area contributed by atoms with Gasteiger partial charge in [0.05, 0.1) is 19.9 Å². The van der Waals surface area contributed by atoms with Gasteiger partial charge in [-0.2, -0.15) is 0 Å². The molecule has 0 fully saturated rings. The molecule has 0 unspecified atom stereocenters. The lowest BCUT2D eigenvalue weighted by Crippen LogP contribution is -2.24. The molecule has 0 saturated carbocycles. The van der Waals surface area contributed by atoms with Crippen molar-refractivity contribution in [1.29, 1.82) is 0 Å². The second-order valence-corrected chi connectivity index (χ2v) is 7.70. The average Bonchev–Trinajstić information content (AvgIpc) is 2.31. The third kappa shape index (κ3) is 17.3. The van der Waals surface area contributed by atoms with E-state index < -0.39 is 0 Å². The first kappa shape index (κ1) is 20.3. The second-order valence-electron chi connectivity index (χ2n) is 7.70. The number of rotatable bonds is 10. The van der Waals surface area contributed by atoms with Crippen molar-refractivity contribution >= 4 is 5.97 Å². The van der Waals surface area contributed by atoms with Gasteiger partial charge in [0.15, 0.2) is 6.79 Å². The molecule has 0 bridgehead atoms. The smallest absolute Gasteiger partial charge is 0.307 e. The molecule has 5 nitrogen and oxygen atoms in total. The summed E-state index contributed by atoms with van der Waals surface area (Å²) in [5.41, 5.74) is 0.266. The molecule has 0 aliphatic heterocycles. The molecule has 0 aliphatic carbocycles. The van der Waals surface area contributed by atoms with Crippen LogP contribution in [0.5, 0.6) is 0 Å². The van der Waals surface area contributed by atoms with Gasteiger partial charge in [-0.05, 0) is 23.8 Å². The van der Waals surface area contributed by atoms with E-state index in [-0.39, 0.29) is 23.6 Å². The van der Waals surface area contributed by atoms with Crippen LogP contribution < -0.4 is 5.32 Å². The summed E-state index contributed by atoms with van der Waals surface area (Å²) in [6.07, 6.45) is 1.13. The lowest BCUT2D eigenvalue weighted by atomic mass is 9.99. The maximum atomic E-state index is 11.4. The first-order chi connectivity index (χ1) is 9.60. The Morgan fingerprint density at radius 1 is 0.952 bits per heavy atom. The molecule has 0 amide bonds. The first-order valence-electron chi connectivity index (χ1n) is 7.62. The Labute approximate surface area is 129 Å². The molecule has 5 heteroatoms. The zero-order valence-corrected chi connectivity index (χ0v) is 14.6. The van der Waals surface area contributed by atoms with Crippen molar-refractivity contribution in [1.82, 2.24) is 5.32 Å². The van der Waals surface area contributed by atoms with Crippen LogP contribution in [0.4, 0.5) is 0 Å². The van der Waals surface area contributed by atoms with Gasteiger partial charge in [-0.25, -0.2) is 0 Å². The predicted octanol–water partition coefficient (Wildman–Crippen LogP) is 2.94. The highest BCUT2D eigenvalue weighted by Gasteiger charge is 2.11. The van der Waals surface area contributed by atoms with E-state index in [2.05, 4.69) is 46.9 Å². The quantitative estimate of drug-likeness (QED) is 0.382. The Morgan fingerprint density at radius 2 is 1.52 bits per heavy atom. The van der Waals surface area contributed by atoms with Gasteiger partial charge in [-0.1, -0.05) is 41.5 Å². The molecule has 0 aliphatic rings. The van der Waals surface area contributed by atoms with Gasteiger partial charge in [-0.15, -0.1) is 0 Å². The minimum atomic E-state index is -0.221. The zero-order valence-electron chi connectivity index (χ0n) is 14.6. The molecular weight excluding hydrogens is 270 g/mol. The molecule has 0 saturated heterocycles. The zero-order chi connectivity index (χ0) is 16.4. The fraction of sp³-hybridized carbons (Fsp3) is 0.938. The summed E-state index contributed by atoms with van der Waals surface area (Å²) in [5.74, 6) is -0.221. The summed E-state index contributed by atoms with van der Waals surface area (Å²) in [7, 11) is 0. The summed E-state index contributed by atoms with van der Waals surface area (Å²) >= 11 is 0. The number of esters is 1. The van der Waals surface area contributed by atoms with Crippen molar-refractivity contribution in [2.75, 3.05) is 33.3 Å². The van der Waals surface area contributed by atoms with Crippen LogP contribution in [0.25, 0.3) is 0 Å². The predicted molar refractivity (Wildman–Crippen MR) is 83.9 cm³/mol. The number of ether oxygens (including phenoxy) is 3. The van der Waals surface area contributed by atoms with Crippen molar-refractivity contribution in [3.05, 3.63) is 0 Å². The van der Waals surface area contributed by atoms with Crippen LogP contribution in [0.1, 0.15) is 54.4 Å². The maximum Gasteiger partial charge on any atom is 0.307 e. The summed E-state index contributed by atoms with van der Waals surface area (Å²) in [4.78, 5) is 11.4. The number of carbonyl (C=O) groups is 1. The number of hydrogen-bond acceptors (Lipinski definition) is 5. The average molecular weight is 303 g/mol. The Bertz CT molecular complexity index is 279. The topological polar surface area (TPSA) is 56.8 Å². The molecule has 0 aromatic rings. The Balaban J connectivity index is 3.35. The highest BCUT2D eigenvalue weighted by Crippen LogP contribution is 2.13. The normalized spacial score (nSPS) is 12.5. The monoisotopic (exact) mass is 303 g/mol. The van der Waals surface area contributed by atoms with Crippen LogP contribution in [0, 0.1) is 10.8 Å². The van der Waals surface area contributed by atoms with E-state index in [1.165, 1.54) is 0 Å². The van der Waals surface area contributed by atoms with Gasteiger partial charge in [0.25, 0.3) is 0 Å². The van der Waals surface area contributed by atoms with Crippen LogP contribution >= 0.6 is 0 Å². The van der Waals surface area contributed by atoms with Crippen molar-refractivity contribution in [3.63, 3.8) is 0 Å². The fourth-order valence-electron chi connectivity index (χ4n) is 1.39. The van der Waals surface area contributed by atoms with Gasteiger partial charge in [0.1, 0.15) is 0 Å². The Morgan fingerprint density at radius 3 is 2.10 bits per heavy atom. The molecule has 1 N–H and O–H groups in total. The lowest BCUT2D eigenvalue weighted by Gasteiger charge is -2.18. The van der Waals surface area contributed by atoms with E-state index in [0.29, 0.717) is 26.4 Å². The Hall–Kier alpha value is -0.650. The molecule has 0 radical (unpaired) electrons. The van der Waals surface area contributed by atoms with Crippen LogP contribution in [0.3, 0.4) is 0 Å². The summed E-state index contributed by atoms with van der Waals surface area (Å²) < 4.78 is 15.7. The first-order valence-corrected chi connectivity index (χ1v) is 7.62. The summed E-state index contributed by atoms with van der Waals surface area (Å²) in [6, 6.07) is 0. The van der Waals surface area contributed by atoms with Gasteiger partial charge >= 0.3 is 5.97 Å². The van der Waals surface area contributed by atoms with Crippen LogP contribution in [-0.4, -0.2) is 39.3 Å². The van der Waals surface area contributed by atoms with E-state index in [1.807, 2.05) is 0 Å². The SMILES string of the molecule is CC(C)(C)COCNCCCC(=O)OCOCC(C)(C)C. The standard InChI is InChI=1S/C16H33NO4/c1-15(2,3)10-19-12-17-9-7-8-14(18)21-13-20-11-16(4,5)6/h17H,7-13H2,1-6H3. The number of hydrogen-bond donors (Lipinski definition) is 1. The van der Waals surface area contributed by atoms with E-state index in [1.54, 1.807) is 0 Å². The minimum Gasteiger partial charge on any atom is -0.438 e. The van der Waals surface area contributed by atoms with E-state index >= 15 is 0 Å². The Kier molecular flexibility index (Phi) is 9.83. The molecule has 126 valence electrons. The van der Waals surface area contributed by atoms with Crippen molar-refractivity contribution in [2.45, 2.75) is 54.4 Å². The van der Waals surface area contributed by atoms with Crippen molar-refractivity contribution in [3.8, 4) is 0 Å². The van der Waals surface area contributed by atoms with E-state index in [4.69, 9.17) is 14.2 Å². The largest absolute Gasteiger partial charge is 0.438 e. The molecular formula is C16H33NO4. The molecule has 0 aromatic carbocycles. The van der Waals surface area contributed by atoms with Crippen LogP contribution in [0.2, 0.25) is 0 Å². The number of nitrogens with one attached hydrogen (secondary N) is 1. The van der Waals surface area contributed by atoms with Crippen molar-refractivity contribution in [2.24, 2.45) is 10.8 Å². The lowest BCUT2D eigenvalue weighted by molar-refractivity contribution is -0.158. The van der Waals surface area contributed by atoms with Gasteiger partial charge in [0.2, 0.25) is 0 Å². The molecule has 0 spiro atoms. The van der Waals surface area contributed by atoms with Gasteiger partial charge in [0, 0.05) is 6.42 Å². The molecule has 21 heavy (non-hydrogen) atoms. The highest BCUT2D eigenvalue weighted by molar-refractivity contribution is 5.69. The summed E-state index contributed by atoms with van der Waals surface area (Å²) in [5, 5.41) is 3.14. The molecule has 0 heterocycles. The second kappa shape index (κ2) is 10.1. The summed E-state index contributed by atoms with van der Waals surface area (Å²) in [6.45, 7) is 15.2. The van der Waals surface area contributed by atoms with Crippen LogP contribution in [-0.2, 0) is 19.0 Å².